The first-order valence-corrected chi connectivity index (χ1v) is 6.39. The normalized spacial score (nSPS) is 20.6. The van der Waals surface area contributed by atoms with Crippen molar-refractivity contribution in [3.05, 3.63) is 30.3 Å². The maximum Gasteiger partial charge on any atom is 0.119 e. The first-order chi connectivity index (χ1) is 8.38. The van der Waals surface area contributed by atoms with Crippen molar-refractivity contribution in [1.82, 2.24) is 4.90 Å². The number of aliphatic hydroxyl groups is 1. The molecule has 1 aliphatic heterocycles. The van der Waals surface area contributed by atoms with Crippen molar-refractivity contribution in [3.63, 3.8) is 0 Å². The monoisotopic (exact) mass is 235 g/mol. The summed E-state index contributed by atoms with van der Waals surface area (Å²) < 4.78 is 5.64. The molecule has 2 rings (SSSR count). The highest BCUT2D eigenvalue weighted by atomic mass is 16.5. The Morgan fingerprint density at radius 3 is 2.82 bits per heavy atom. The number of ether oxygens (including phenoxy) is 1. The van der Waals surface area contributed by atoms with Gasteiger partial charge in [-0.3, -0.25) is 0 Å². The maximum absolute atomic E-state index is 9.05. The lowest BCUT2D eigenvalue weighted by Crippen LogP contribution is -2.24. The van der Waals surface area contributed by atoms with E-state index >= 15 is 0 Å². The van der Waals surface area contributed by atoms with E-state index in [9.17, 15) is 0 Å². The minimum Gasteiger partial charge on any atom is -0.494 e. The SMILES string of the molecule is OCC1CCN(CCCOc2ccccc2)C1. The predicted molar refractivity (Wildman–Crippen MR) is 68.2 cm³/mol. The second kappa shape index (κ2) is 6.62. The Kier molecular flexibility index (Phi) is 4.83. The van der Waals surface area contributed by atoms with Crippen LogP contribution in [-0.2, 0) is 0 Å². The molecule has 1 fully saturated rings. The van der Waals surface area contributed by atoms with E-state index in [2.05, 4.69) is 4.90 Å². The highest BCUT2D eigenvalue weighted by Crippen LogP contribution is 2.15. The molecule has 1 heterocycles. The van der Waals surface area contributed by atoms with E-state index < -0.39 is 0 Å². The standard InChI is InChI=1S/C14H21NO2/c16-12-13-7-9-15(11-13)8-4-10-17-14-5-2-1-3-6-14/h1-3,5-6,13,16H,4,7-12H2. The average molecular weight is 235 g/mol. The van der Waals surface area contributed by atoms with Crippen LogP contribution >= 0.6 is 0 Å². The summed E-state index contributed by atoms with van der Waals surface area (Å²) in [6, 6.07) is 9.94. The number of benzene rings is 1. The molecule has 3 nitrogen and oxygen atoms in total. The lowest BCUT2D eigenvalue weighted by atomic mass is 10.1. The Hall–Kier alpha value is -1.06. The molecule has 1 atom stereocenters. The van der Waals surface area contributed by atoms with Crippen LogP contribution < -0.4 is 4.74 Å². The van der Waals surface area contributed by atoms with Gasteiger partial charge in [-0.1, -0.05) is 18.2 Å². The molecule has 0 amide bonds. The number of rotatable bonds is 6. The van der Waals surface area contributed by atoms with E-state index in [0.717, 1.165) is 44.8 Å². The third kappa shape index (κ3) is 4.02. The van der Waals surface area contributed by atoms with Crippen LogP contribution in [0, 0.1) is 5.92 Å². The van der Waals surface area contributed by atoms with Crippen LogP contribution in [0.4, 0.5) is 0 Å². The van der Waals surface area contributed by atoms with Crippen molar-refractivity contribution in [1.29, 1.82) is 0 Å². The molecule has 1 saturated heterocycles. The van der Waals surface area contributed by atoms with Gasteiger partial charge in [-0.05, 0) is 37.4 Å². The van der Waals surface area contributed by atoms with Crippen molar-refractivity contribution < 1.29 is 9.84 Å². The highest BCUT2D eigenvalue weighted by Gasteiger charge is 2.20. The van der Waals surface area contributed by atoms with E-state index in [1.54, 1.807) is 0 Å². The zero-order valence-corrected chi connectivity index (χ0v) is 10.2. The lowest BCUT2D eigenvalue weighted by molar-refractivity contribution is 0.215. The lowest BCUT2D eigenvalue weighted by Gasteiger charge is -2.15. The fourth-order valence-electron chi connectivity index (χ4n) is 2.26. The number of nitrogens with zero attached hydrogens (tertiary/aromatic N) is 1. The highest BCUT2D eigenvalue weighted by molar-refractivity contribution is 5.20. The molecule has 1 aliphatic rings. The van der Waals surface area contributed by atoms with E-state index in [1.807, 2.05) is 30.3 Å². The second-order valence-corrected chi connectivity index (χ2v) is 4.65. The molecule has 1 N–H and O–H groups in total. The Morgan fingerprint density at radius 1 is 1.29 bits per heavy atom. The third-order valence-electron chi connectivity index (χ3n) is 3.26. The third-order valence-corrected chi connectivity index (χ3v) is 3.26. The minimum absolute atomic E-state index is 0.330. The second-order valence-electron chi connectivity index (χ2n) is 4.65. The molecule has 94 valence electrons. The largest absolute Gasteiger partial charge is 0.494 e. The first-order valence-electron chi connectivity index (χ1n) is 6.39. The van der Waals surface area contributed by atoms with Crippen LogP contribution in [0.3, 0.4) is 0 Å². The van der Waals surface area contributed by atoms with Gasteiger partial charge in [0.05, 0.1) is 6.61 Å². The van der Waals surface area contributed by atoms with E-state index in [0.29, 0.717) is 12.5 Å². The van der Waals surface area contributed by atoms with E-state index in [-0.39, 0.29) is 0 Å². The number of aliphatic hydroxyl groups excluding tert-OH is 1. The first kappa shape index (κ1) is 12.4. The molecule has 1 aromatic carbocycles. The summed E-state index contributed by atoms with van der Waals surface area (Å²) in [7, 11) is 0. The number of likely N-dealkylation sites (tertiary alicyclic amines) is 1. The summed E-state index contributed by atoms with van der Waals surface area (Å²) in [5.41, 5.74) is 0. The van der Waals surface area contributed by atoms with E-state index in [4.69, 9.17) is 9.84 Å². The Bertz CT molecular complexity index is 315. The minimum atomic E-state index is 0.330. The number of hydrogen-bond acceptors (Lipinski definition) is 3. The van der Waals surface area contributed by atoms with Crippen LogP contribution in [0.5, 0.6) is 5.75 Å². The molecular weight excluding hydrogens is 214 g/mol. The molecule has 0 saturated carbocycles. The smallest absolute Gasteiger partial charge is 0.119 e. The van der Waals surface area contributed by atoms with Crippen LogP contribution in [0.2, 0.25) is 0 Å². The fourth-order valence-corrected chi connectivity index (χ4v) is 2.26. The van der Waals surface area contributed by atoms with Crippen molar-refractivity contribution in [2.24, 2.45) is 5.92 Å². The van der Waals surface area contributed by atoms with Crippen LogP contribution in [0.25, 0.3) is 0 Å². The molecular formula is C14H21NO2. The van der Waals surface area contributed by atoms with Crippen LogP contribution in [-0.4, -0.2) is 42.9 Å². The number of para-hydroxylation sites is 1. The predicted octanol–water partition coefficient (Wildman–Crippen LogP) is 1.77. The zero-order chi connectivity index (χ0) is 11.9. The quantitative estimate of drug-likeness (QED) is 0.763. The van der Waals surface area contributed by atoms with Crippen LogP contribution in [0.15, 0.2) is 30.3 Å². The van der Waals surface area contributed by atoms with Crippen molar-refractivity contribution in [3.8, 4) is 5.75 Å². The zero-order valence-electron chi connectivity index (χ0n) is 10.2. The summed E-state index contributed by atoms with van der Waals surface area (Å²) in [5, 5.41) is 9.05. The molecule has 0 spiro atoms. The van der Waals surface area contributed by atoms with Crippen LogP contribution in [0.1, 0.15) is 12.8 Å². The molecule has 0 aromatic heterocycles. The van der Waals surface area contributed by atoms with Gasteiger partial charge in [0.1, 0.15) is 5.75 Å². The molecule has 1 aromatic rings. The molecule has 0 radical (unpaired) electrons. The van der Waals surface area contributed by atoms with Gasteiger partial charge in [0.2, 0.25) is 0 Å². The Balaban J connectivity index is 1.58. The molecule has 0 bridgehead atoms. The number of hydrogen-bond donors (Lipinski definition) is 1. The summed E-state index contributed by atoms with van der Waals surface area (Å²) >= 11 is 0. The molecule has 1 unspecified atom stereocenters. The van der Waals surface area contributed by atoms with Gasteiger partial charge in [0.25, 0.3) is 0 Å². The molecule has 17 heavy (non-hydrogen) atoms. The maximum atomic E-state index is 9.05. The summed E-state index contributed by atoms with van der Waals surface area (Å²) in [5.74, 6) is 1.44. The van der Waals surface area contributed by atoms with E-state index in [1.165, 1.54) is 0 Å². The van der Waals surface area contributed by atoms with Gasteiger partial charge in [0, 0.05) is 19.7 Å². The van der Waals surface area contributed by atoms with Gasteiger partial charge in [-0.15, -0.1) is 0 Å². The van der Waals surface area contributed by atoms with Gasteiger partial charge in [-0.2, -0.15) is 0 Å². The summed E-state index contributed by atoms with van der Waals surface area (Å²) in [4.78, 5) is 2.41. The van der Waals surface area contributed by atoms with Crippen molar-refractivity contribution in [2.45, 2.75) is 12.8 Å². The summed E-state index contributed by atoms with van der Waals surface area (Å²) in [6.45, 7) is 4.34. The Labute approximate surface area is 103 Å². The fraction of sp³-hybridized carbons (Fsp3) is 0.571. The van der Waals surface area contributed by atoms with Gasteiger partial charge in [0.15, 0.2) is 0 Å². The van der Waals surface area contributed by atoms with Gasteiger partial charge in [-0.25, -0.2) is 0 Å². The Morgan fingerprint density at radius 2 is 2.12 bits per heavy atom. The van der Waals surface area contributed by atoms with Crippen molar-refractivity contribution >= 4 is 0 Å². The molecule has 0 aliphatic carbocycles. The topological polar surface area (TPSA) is 32.7 Å². The molecule has 3 heteroatoms. The van der Waals surface area contributed by atoms with Crippen molar-refractivity contribution in [2.75, 3.05) is 32.8 Å². The average Bonchev–Trinajstić information content (AvgIpc) is 2.84. The summed E-state index contributed by atoms with van der Waals surface area (Å²) in [6.07, 6.45) is 2.18. The van der Waals surface area contributed by atoms with Gasteiger partial charge >= 0.3 is 0 Å². The van der Waals surface area contributed by atoms with Gasteiger partial charge < -0.3 is 14.7 Å².